The molecule has 1 N–H and O–H groups in total. The van der Waals surface area contributed by atoms with Crippen LogP contribution in [0.4, 0.5) is 0 Å². The number of amides is 1. The van der Waals surface area contributed by atoms with E-state index in [4.69, 9.17) is 10.2 Å². The van der Waals surface area contributed by atoms with Crippen molar-refractivity contribution >= 4 is 23.2 Å². The molecule has 1 aliphatic heterocycles. The van der Waals surface area contributed by atoms with Crippen LogP contribution in [0.25, 0.3) is 0 Å². The summed E-state index contributed by atoms with van der Waals surface area (Å²) in [5.74, 6) is -0.394. The number of nitrogens with zero attached hydrogens (tertiary/aromatic N) is 3. The summed E-state index contributed by atoms with van der Waals surface area (Å²) in [5, 5.41) is 15.9. The number of aryl methyl sites for hydroxylation is 1. The number of carboxylic acid groups (broad SMARTS) is 1. The summed E-state index contributed by atoms with van der Waals surface area (Å²) in [7, 11) is 0. The highest BCUT2D eigenvalue weighted by molar-refractivity contribution is 7.09. The summed E-state index contributed by atoms with van der Waals surface area (Å²) >= 11 is 1.73. The van der Waals surface area contributed by atoms with Crippen molar-refractivity contribution in [3.8, 4) is 0 Å². The Hall–Kier alpha value is -2.15. The SMILES string of the molecule is Cc1nn(Cc2cccs2)c2c1CCN(C(=O)CC1CCC(C(=O)O)CC1)C2. The van der Waals surface area contributed by atoms with E-state index in [2.05, 4.69) is 29.1 Å². The predicted octanol–water partition coefficient (Wildman–Crippen LogP) is 3.47. The summed E-state index contributed by atoms with van der Waals surface area (Å²) in [6.07, 6.45) is 4.49. The van der Waals surface area contributed by atoms with Crippen molar-refractivity contribution in [1.82, 2.24) is 14.7 Å². The van der Waals surface area contributed by atoms with Gasteiger partial charge in [-0.15, -0.1) is 11.3 Å². The second-order valence-corrected chi connectivity index (χ2v) is 9.11. The van der Waals surface area contributed by atoms with Crippen LogP contribution >= 0.6 is 11.3 Å². The van der Waals surface area contributed by atoms with E-state index in [-0.39, 0.29) is 11.8 Å². The maximum Gasteiger partial charge on any atom is 0.306 e. The molecule has 0 atom stereocenters. The molecule has 0 saturated heterocycles. The van der Waals surface area contributed by atoms with Crippen molar-refractivity contribution in [3.05, 3.63) is 39.3 Å². The first-order valence-corrected chi connectivity index (χ1v) is 11.0. The lowest BCUT2D eigenvalue weighted by atomic mass is 9.80. The lowest BCUT2D eigenvalue weighted by Crippen LogP contribution is -2.38. The van der Waals surface area contributed by atoms with E-state index in [1.54, 1.807) is 11.3 Å². The van der Waals surface area contributed by atoms with Crippen LogP contribution in [-0.4, -0.2) is 38.2 Å². The van der Waals surface area contributed by atoms with Gasteiger partial charge < -0.3 is 10.0 Å². The maximum absolute atomic E-state index is 12.9. The average Bonchev–Trinajstić information content (AvgIpc) is 3.30. The van der Waals surface area contributed by atoms with Crippen molar-refractivity contribution in [3.63, 3.8) is 0 Å². The molecule has 0 radical (unpaired) electrons. The molecule has 0 spiro atoms. The minimum Gasteiger partial charge on any atom is -0.481 e. The number of fused-ring (bicyclic) bond motifs is 1. The van der Waals surface area contributed by atoms with Gasteiger partial charge in [0.1, 0.15) is 0 Å². The molecule has 1 amide bonds. The van der Waals surface area contributed by atoms with Gasteiger partial charge in [-0.3, -0.25) is 14.3 Å². The molecule has 3 heterocycles. The van der Waals surface area contributed by atoms with Crippen LogP contribution in [0.1, 0.15) is 53.9 Å². The van der Waals surface area contributed by atoms with Crippen LogP contribution in [0, 0.1) is 18.8 Å². The zero-order chi connectivity index (χ0) is 19.7. The van der Waals surface area contributed by atoms with E-state index in [0.717, 1.165) is 38.0 Å². The Labute approximate surface area is 169 Å². The van der Waals surface area contributed by atoms with E-state index in [1.807, 2.05) is 4.90 Å². The highest BCUT2D eigenvalue weighted by atomic mass is 32.1. The van der Waals surface area contributed by atoms with E-state index < -0.39 is 5.97 Å². The molecule has 0 bridgehead atoms. The Morgan fingerprint density at radius 1 is 1.29 bits per heavy atom. The third kappa shape index (κ3) is 3.99. The molecular weight excluding hydrogens is 374 g/mol. The molecule has 6 nitrogen and oxygen atoms in total. The highest BCUT2D eigenvalue weighted by Crippen LogP contribution is 2.32. The molecule has 7 heteroatoms. The normalized spacial score (nSPS) is 22.1. The van der Waals surface area contributed by atoms with Crippen molar-refractivity contribution < 1.29 is 14.7 Å². The minimum atomic E-state index is -0.692. The Balaban J connectivity index is 1.39. The molecule has 150 valence electrons. The number of hydrogen-bond acceptors (Lipinski definition) is 4. The van der Waals surface area contributed by atoms with E-state index in [9.17, 15) is 9.59 Å². The van der Waals surface area contributed by atoms with Crippen LogP contribution in [0.5, 0.6) is 0 Å². The van der Waals surface area contributed by atoms with E-state index in [1.165, 1.54) is 16.1 Å². The fraction of sp³-hybridized carbons (Fsp3) is 0.571. The number of aromatic nitrogens is 2. The van der Waals surface area contributed by atoms with Gasteiger partial charge in [0, 0.05) is 17.8 Å². The molecule has 1 saturated carbocycles. The fourth-order valence-corrected chi connectivity index (χ4v) is 5.24. The predicted molar refractivity (Wildman–Crippen MR) is 107 cm³/mol. The number of hydrogen-bond donors (Lipinski definition) is 1. The quantitative estimate of drug-likeness (QED) is 0.832. The second-order valence-electron chi connectivity index (χ2n) is 8.07. The van der Waals surface area contributed by atoms with Crippen LogP contribution in [0.2, 0.25) is 0 Å². The van der Waals surface area contributed by atoms with Gasteiger partial charge in [0.2, 0.25) is 5.91 Å². The van der Waals surface area contributed by atoms with Crippen molar-refractivity contribution in [2.45, 2.75) is 58.5 Å². The molecular formula is C21H27N3O3S. The zero-order valence-corrected chi connectivity index (χ0v) is 17.1. The number of thiophene rings is 1. The van der Waals surface area contributed by atoms with Crippen molar-refractivity contribution in [1.29, 1.82) is 0 Å². The van der Waals surface area contributed by atoms with Crippen molar-refractivity contribution in [2.24, 2.45) is 11.8 Å². The maximum atomic E-state index is 12.9. The lowest BCUT2D eigenvalue weighted by molar-refractivity contribution is -0.143. The van der Waals surface area contributed by atoms with E-state index in [0.29, 0.717) is 31.7 Å². The molecule has 2 aliphatic rings. The summed E-state index contributed by atoms with van der Waals surface area (Å²) in [4.78, 5) is 27.3. The smallest absolute Gasteiger partial charge is 0.306 e. The third-order valence-corrected chi connectivity index (χ3v) is 7.10. The van der Waals surface area contributed by atoms with Gasteiger partial charge in [-0.1, -0.05) is 6.07 Å². The summed E-state index contributed by atoms with van der Waals surface area (Å²) in [5.41, 5.74) is 3.54. The number of rotatable bonds is 5. The fourth-order valence-electron chi connectivity index (χ4n) is 4.56. The number of carboxylic acids is 1. The topological polar surface area (TPSA) is 75.4 Å². The zero-order valence-electron chi connectivity index (χ0n) is 16.3. The van der Waals surface area contributed by atoms with Gasteiger partial charge in [-0.25, -0.2) is 0 Å². The molecule has 2 aromatic rings. The summed E-state index contributed by atoms with van der Waals surface area (Å²) in [6.45, 7) is 4.20. The molecule has 4 rings (SSSR count). The van der Waals surface area contributed by atoms with Gasteiger partial charge in [0.25, 0.3) is 0 Å². The number of aliphatic carboxylic acids is 1. The Morgan fingerprint density at radius 3 is 2.75 bits per heavy atom. The first-order valence-electron chi connectivity index (χ1n) is 10.1. The largest absolute Gasteiger partial charge is 0.481 e. The second kappa shape index (κ2) is 8.07. The first kappa shape index (κ1) is 19.2. The minimum absolute atomic E-state index is 0.200. The van der Waals surface area contributed by atoms with Gasteiger partial charge in [0.15, 0.2) is 0 Å². The Bertz CT molecular complexity index is 851. The van der Waals surface area contributed by atoms with Gasteiger partial charge in [-0.05, 0) is 62.0 Å². The van der Waals surface area contributed by atoms with Gasteiger partial charge in [-0.2, -0.15) is 5.10 Å². The van der Waals surface area contributed by atoms with Crippen molar-refractivity contribution in [2.75, 3.05) is 6.54 Å². The van der Waals surface area contributed by atoms with Gasteiger partial charge in [0.05, 0.1) is 30.4 Å². The lowest BCUT2D eigenvalue weighted by Gasteiger charge is -2.31. The molecule has 1 fully saturated rings. The van der Waals surface area contributed by atoms with Gasteiger partial charge >= 0.3 is 5.97 Å². The van der Waals surface area contributed by atoms with Crippen LogP contribution in [0.15, 0.2) is 17.5 Å². The van der Waals surface area contributed by atoms with Crippen LogP contribution in [0.3, 0.4) is 0 Å². The Morgan fingerprint density at radius 2 is 2.07 bits per heavy atom. The molecule has 2 aromatic heterocycles. The van der Waals surface area contributed by atoms with Crippen LogP contribution in [-0.2, 0) is 29.1 Å². The highest BCUT2D eigenvalue weighted by Gasteiger charge is 2.30. The molecule has 0 aromatic carbocycles. The van der Waals surface area contributed by atoms with Crippen LogP contribution < -0.4 is 0 Å². The molecule has 28 heavy (non-hydrogen) atoms. The third-order valence-electron chi connectivity index (χ3n) is 6.24. The summed E-state index contributed by atoms with van der Waals surface area (Å²) < 4.78 is 2.06. The summed E-state index contributed by atoms with van der Waals surface area (Å²) in [6, 6.07) is 4.17. The average molecular weight is 402 g/mol. The first-order chi connectivity index (χ1) is 13.5. The number of carbonyl (C=O) groups is 2. The Kier molecular flexibility index (Phi) is 5.53. The standard InChI is InChI=1S/C21H27N3O3S/c1-14-18-8-9-23(13-19(18)24(22-14)12-17-3-2-10-28-17)20(25)11-15-4-6-16(7-5-15)21(26)27/h2-3,10,15-16H,4-9,11-13H2,1H3,(H,26,27). The van der Waals surface area contributed by atoms with E-state index >= 15 is 0 Å². The number of carbonyl (C=O) groups excluding carboxylic acids is 1. The monoisotopic (exact) mass is 401 g/mol. The molecule has 1 aliphatic carbocycles. The molecule has 0 unspecified atom stereocenters.